The second kappa shape index (κ2) is 13.3. The van der Waals surface area contributed by atoms with Gasteiger partial charge in [0.2, 0.25) is 5.91 Å². The third-order valence-corrected chi connectivity index (χ3v) is 11.6. The molecule has 13 heteroatoms. The Kier molecular flexibility index (Phi) is 8.78. The minimum absolute atomic E-state index is 0.124. The van der Waals surface area contributed by atoms with Gasteiger partial charge in [-0.15, -0.1) is 6.42 Å². The fourth-order valence-electron chi connectivity index (χ4n) is 9.28. The number of hydrogen-bond acceptors (Lipinski definition) is 10. The number of fused-ring (bicyclic) bond motifs is 4. The van der Waals surface area contributed by atoms with Crippen molar-refractivity contribution in [1.29, 1.82) is 0 Å². The van der Waals surface area contributed by atoms with E-state index in [1.165, 1.54) is 12.1 Å². The molecule has 5 aliphatic rings. The maximum Gasteiger partial charge on any atom is 0.318 e. The molecule has 0 radical (unpaired) electrons. The Morgan fingerprint density at radius 1 is 1.13 bits per heavy atom. The van der Waals surface area contributed by atoms with Crippen LogP contribution >= 0.6 is 0 Å². The summed E-state index contributed by atoms with van der Waals surface area (Å²) in [4.78, 5) is 34.8. The molecule has 0 spiro atoms. The lowest BCUT2D eigenvalue weighted by molar-refractivity contribution is -0.130. The van der Waals surface area contributed by atoms with Gasteiger partial charge < -0.3 is 34.5 Å². The Hall–Kier alpha value is -4.80. The van der Waals surface area contributed by atoms with Gasteiger partial charge in [0, 0.05) is 75.1 Å². The Morgan fingerprint density at radius 3 is 2.69 bits per heavy atom. The first-order valence-corrected chi connectivity index (χ1v) is 18.0. The van der Waals surface area contributed by atoms with Gasteiger partial charge in [-0.3, -0.25) is 9.78 Å². The molecule has 2 bridgehead atoms. The molecule has 4 aliphatic heterocycles. The van der Waals surface area contributed by atoms with Crippen LogP contribution in [-0.2, 0) is 24.1 Å². The van der Waals surface area contributed by atoms with Gasteiger partial charge in [0.05, 0.1) is 46.8 Å². The van der Waals surface area contributed by atoms with Gasteiger partial charge in [0.1, 0.15) is 24.4 Å². The number of ether oxygens (including phenoxy) is 1. The number of pyridine rings is 1. The number of aromatic nitrogens is 3. The monoisotopic (exact) mass is 711 g/mol. The summed E-state index contributed by atoms with van der Waals surface area (Å²) in [5, 5.41) is 21.9. The molecule has 3 aromatic rings. The van der Waals surface area contributed by atoms with E-state index in [4.69, 9.17) is 21.1 Å². The van der Waals surface area contributed by atoms with Crippen molar-refractivity contribution in [3.8, 4) is 18.4 Å². The Labute approximate surface area is 301 Å². The predicted molar refractivity (Wildman–Crippen MR) is 192 cm³/mol. The molecule has 1 aromatic carbocycles. The van der Waals surface area contributed by atoms with Crippen LogP contribution in [0.2, 0.25) is 0 Å². The first kappa shape index (κ1) is 34.3. The number of β-amino-alcohol motifs (C(OH)–C–C–N with tert-alkyl or cyclic N) is 1. The van der Waals surface area contributed by atoms with Gasteiger partial charge in [-0.05, 0) is 56.0 Å². The van der Waals surface area contributed by atoms with Crippen LogP contribution < -0.4 is 19.4 Å². The third kappa shape index (κ3) is 5.91. The zero-order valence-electron chi connectivity index (χ0n) is 29.2. The number of benzene rings is 1. The number of rotatable bonds is 7. The highest BCUT2D eigenvalue weighted by Gasteiger charge is 2.49. The maximum atomic E-state index is 15.0. The lowest BCUT2D eigenvalue weighted by atomic mass is 9.87. The summed E-state index contributed by atoms with van der Waals surface area (Å²) in [6, 6.07) is 6.14. The average Bonchev–Trinajstić information content (AvgIpc) is 3.56. The molecule has 0 saturated carbocycles. The van der Waals surface area contributed by atoms with E-state index in [2.05, 4.69) is 22.4 Å². The standard InChI is InChI=1S/C39H43F2N7O4/c1-4-29-31(41)9-6-23-14-28(49)20-46(36(23)29)26-7-8-30-32(15-26)43-38(52-22-39(3)17-24(40)18-47(39)25-10-12-42-13-11-25)44-37(30)45-19-27-16-34(50)33(21-45)48(27)35(51)5-2/h1,5-6,9-13,24,26-28,33-34,49-50H,2,7-8,14-22H2,3H3/t24-,26+,27-,28-,33-,34?,39+/m1/s1. The van der Waals surface area contributed by atoms with Gasteiger partial charge in [-0.2, -0.15) is 9.97 Å². The van der Waals surface area contributed by atoms with Gasteiger partial charge in [0.25, 0.3) is 0 Å². The van der Waals surface area contributed by atoms with E-state index in [1.54, 1.807) is 23.4 Å². The van der Waals surface area contributed by atoms with Crippen molar-refractivity contribution in [2.75, 3.05) is 47.5 Å². The Bertz CT molecular complexity index is 1930. The average molecular weight is 712 g/mol. The van der Waals surface area contributed by atoms with Crippen molar-refractivity contribution >= 4 is 23.1 Å². The molecule has 272 valence electrons. The molecule has 1 aliphatic carbocycles. The van der Waals surface area contributed by atoms with E-state index >= 15 is 8.78 Å². The van der Waals surface area contributed by atoms with Crippen molar-refractivity contribution in [1.82, 2.24) is 19.9 Å². The number of nitrogens with zero attached hydrogens (tertiary/aromatic N) is 7. The fourth-order valence-corrected chi connectivity index (χ4v) is 9.28. The molecule has 6 heterocycles. The Balaban J connectivity index is 1.14. The first-order valence-electron chi connectivity index (χ1n) is 18.0. The van der Waals surface area contributed by atoms with Crippen molar-refractivity contribution in [3.63, 3.8) is 0 Å². The van der Waals surface area contributed by atoms with Crippen LogP contribution in [0.3, 0.4) is 0 Å². The van der Waals surface area contributed by atoms with Crippen LogP contribution in [0, 0.1) is 18.2 Å². The highest BCUT2D eigenvalue weighted by Crippen LogP contribution is 2.41. The molecule has 1 amide bonds. The molecule has 2 N–H and O–H groups in total. The first-order chi connectivity index (χ1) is 25.1. The summed E-state index contributed by atoms with van der Waals surface area (Å²) in [7, 11) is 0. The molecular formula is C39H43F2N7O4. The number of alkyl halides is 1. The molecule has 8 rings (SSSR count). The van der Waals surface area contributed by atoms with Crippen molar-refractivity contribution in [3.05, 3.63) is 77.5 Å². The van der Waals surface area contributed by atoms with E-state index in [9.17, 15) is 15.0 Å². The van der Waals surface area contributed by atoms with Crippen molar-refractivity contribution in [2.24, 2.45) is 0 Å². The topological polar surface area (TPSA) is 118 Å². The van der Waals surface area contributed by atoms with Crippen LogP contribution in [0.1, 0.15) is 48.6 Å². The molecule has 7 atom stereocenters. The summed E-state index contributed by atoms with van der Waals surface area (Å²) >= 11 is 0. The number of carbonyl (C=O) groups is 1. The number of amides is 1. The van der Waals surface area contributed by atoms with E-state index in [0.717, 1.165) is 22.5 Å². The lowest BCUT2D eigenvalue weighted by Crippen LogP contribution is -2.57. The molecule has 3 saturated heterocycles. The van der Waals surface area contributed by atoms with Gasteiger partial charge in [-0.1, -0.05) is 18.6 Å². The van der Waals surface area contributed by atoms with Crippen LogP contribution in [0.15, 0.2) is 49.3 Å². The lowest BCUT2D eigenvalue weighted by Gasteiger charge is -2.44. The summed E-state index contributed by atoms with van der Waals surface area (Å²) in [6.45, 7) is 7.13. The SMILES string of the molecule is C#Cc1c(F)ccc2c1N([C@H]1CCc3c(nc(OC[C@]4(C)C[C@@H](F)CN4c4ccncc4)nc3N3C[C@H]4CC(O)[C@@H](C3)N4C(=O)C=C)C1)C[C@H](O)C2. The number of aliphatic hydroxyl groups excluding tert-OH is 2. The summed E-state index contributed by atoms with van der Waals surface area (Å²) in [5.41, 5.74) is 3.52. The zero-order chi connectivity index (χ0) is 36.3. The van der Waals surface area contributed by atoms with Gasteiger partial charge in [0.15, 0.2) is 0 Å². The number of halogens is 2. The van der Waals surface area contributed by atoms with E-state index in [0.29, 0.717) is 63.2 Å². The molecular weight excluding hydrogens is 668 g/mol. The van der Waals surface area contributed by atoms with Crippen LogP contribution in [0.5, 0.6) is 6.01 Å². The Morgan fingerprint density at radius 2 is 1.94 bits per heavy atom. The summed E-state index contributed by atoms with van der Waals surface area (Å²) < 4.78 is 36.5. The molecule has 3 fully saturated rings. The zero-order valence-corrected chi connectivity index (χ0v) is 29.2. The van der Waals surface area contributed by atoms with Gasteiger partial charge in [-0.25, -0.2) is 8.78 Å². The number of carbonyl (C=O) groups excluding carboxylic acids is 1. The summed E-state index contributed by atoms with van der Waals surface area (Å²) in [5.74, 6) is 2.56. The van der Waals surface area contributed by atoms with E-state index in [-0.39, 0.29) is 49.1 Å². The van der Waals surface area contributed by atoms with Gasteiger partial charge >= 0.3 is 6.01 Å². The van der Waals surface area contributed by atoms with Crippen molar-refractivity contribution < 1.29 is 28.5 Å². The van der Waals surface area contributed by atoms with Crippen LogP contribution in [0.25, 0.3) is 0 Å². The van der Waals surface area contributed by atoms with E-state index in [1.807, 2.05) is 28.9 Å². The predicted octanol–water partition coefficient (Wildman–Crippen LogP) is 3.00. The number of aliphatic hydroxyl groups is 2. The normalized spacial score (nSPS) is 29.4. The molecule has 2 aromatic heterocycles. The third-order valence-electron chi connectivity index (χ3n) is 11.6. The number of hydrogen-bond donors (Lipinski definition) is 2. The molecule has 52 heavy (non-hydrogen) atoms. The largest absolute Gasteiger partial charge is 0.461 e. The molecule has 1 unspecified atom stereocenters. The minimum atomic E-state index is -1.04. The second-order valence-corrected chi connectivity index (χ2v) is 15.0. The quantitative estimate of drug-likeness (QED) is 0.280. The number of piperazine rings is 1. The highest BCUT2D eigenvalue weighted by atomic mass is 19.1. The van der Waals surface area contributed by atoms with Crippen molar-refractivity contribution in [2.45, 2.75) is 87.5 Å². The smallest absolute Gasteiger partial charge is 0.318 e. The molecule has 11 nitrogen and oxygen atoms in total. The number of anilines is 3. The number of terminal acetylenes is 1. The minimum Gasteiger partial charge on any atom is -0.461 e. The maximum absolute atomic E-state index is 15.0. The fraction of sp³-hybridized carbons (Fsp3) is 0.487. The van der Waals surface area contributed by atoms with Crippen LogP contribution in [0.4, 0.5) is 26.0 Å². The van der Waals surface area contributed by atoms with Crippen LogP contribution in [-0.4, -0.2) is 111 Å². The second-order valence-electron chi connectivity index (χ2n) is 15.0. The van der Waals surface area contributed by atoms with E-state index < -0.39 is 35.8 Å². The highest BCUT2D eigenvalue weighted by molar-refractivity contribution is 5.88. The summed E-state index contributed by atoms with van der Waals surface area (Å²) in [6.07, 6.45) is 11.0.